The van der Waals surface area contributed by atoms with E-state index >= 15 is 0 Å². The van der Waals surface area contributed by atoms with Gasteiger partial charge < -0.3 is 15.6 Å². The molecule has 8 heteroatoms. The molecule has 0 spiro atoms. The van der Waals surface area contributed by atoms with Crippen LogP contribution in [0.3, 0.4) is 0 Å². The van der Waals surface area contributed by atoms with Crippen LogP contribution in [0, 0.1) is 0 Å². The summed E-state index contributed by atoms with van der Waals surface area (Å²) in [5.74, 6) is -0.00395. The van der Waals surface area contributed by atoms with Crippen LogP contribution in [0.4, 0.5) is 10.2 Å². The van der Waals surface area contributed by atoms with Gasteiger partial charge >= 0.3 is 5.69 Å². The summed E-state index contributed by atoms with van der Waals surface area (Å²) in [6, 6.07) is 1.30. The molecular weight excluding hydrogens is 245 g/mol. The lowest BCUT2D eigenvalue weighted by Crippen LogP contribution is -2.42. The van der Waals surface area contributed by atoms with Gasteiger partial charge in [0.2, 0.25) is 0 Å². The van der Waals surface area contributed by atoms with Gasteiger partial charge in [-0.05, 0) is 13.0 Å². The smallest absolute Gasteiger partial charge is 0.351 e. The van der Waals surface area contributed by atoms with Gasteiger partial charge in [0.05, 0.1) is 0 Å². The maximum Gasteiger partial charge on any atom is 0.351 e. The number of aromatic nitrogens is 2. The van der Waals surface area contributed by atoms with E-state index in [1.807, 2.05) is 0 Å². The van der Waals surface area contributed by atoms with E-state index in [0.717, 1.165) is 11.5 Å². The van der Waals surface area contributed by atoms with Crippen LogP contribution in [0.2, 0.25) is 0 Å². The Kier molecular flexibility index (Phi) is 3.09. The molecule has 0 saturated carbocycles. The molecule has 1 radical (unpaired) electrons. The number of anilines is 1. The van der Waals surface area contributed by atoms with Gasteiger partial charge in [-0.15, -0.1) is 0 Å². The minimum Gasteiger partial charge on any atom is -0.387 e. The molecule has 0 amide bonds. The number of nitrogen functional groups attached to an aromatic ring is 1. The highest BCUT2D eigenvalue weighted by atomic mass is 19.1. The first kappa shape index (κ1) is 12.9. The lowest BCUT2D eigenvalue weighted by molar-refractivity contribution is -0.0694. The lowest BCUT2D eigenvalue weighted by atomic mass is 9.98. The molecule has 3 N–H and O–H groups in total. The van der Waals surface area contributed by atoms with Gasteiger partial charge in [-0.3, -0.25) is 4.57 Å². The minimum absolute atomic E-state index is 0.00395. The summed E-state index contributed by atoms with van der Waals surface area (Å²) in [5, 5.41) is 20.4. The normalized spacial score (nSPS) is 35.9. The molecule has 0 unspecified atom stereocenters. The molecule has 1 fully saturated rings. The maximum absolute atomic E-state index is 14.3. The Morgan fingerprint density at radius 3 is 2.89 bits per heavy atom. The zero-order valence-corrected chi connectivity index (χ0v) is 9.62. The number of nitrogens with two attached hydrogens (primary N) is 1. The standard InChI is InChI=1S/C10H13FN3O4/c1-10(11)7(16)5(4-15)18-8(10)14-3-2-6(12)13-9(14)17/h2-3,5,7-8,16H,4H2,1H3,(H2,12,13,17)/t5-,7-,8-,10-/m1/s1. The van der Waals surface area contributed by atoms with Gasteiger partial charge in [0, 0.05) is 6.20 Å². The van der Waals surface area contributed by atoms with Gasteiger partial charge in [0.1, 0.15) is 24.6 Å². The van der Waals surface area contributed by atoms with Crippen molar-refractivity contribution >= 4 is 5.82 Å². The summed E-state index contributed by atoms with van der Waals surface area (Å²) in [6.07, 6.45) is -2.97. The fourth-order valence-electron chi connectivity index (χ4n) is 1.95. The second-order valence-electron chi connectivity index (χ2n) is 4.33. The van der Waals surface area contributed by atoms with Crippen LogP contribution >= 0.6 is 0 Å². The average Bonchev–Trinajstić information content (AvgIpc) is 2.52. The van der Waals surface area contributed by atoms with Gasteiger partial charge in [-0.2, -0.15) is 4.98 Å². The summed E-state index contributed by atoms with van der Waals surface area (Å²) < 4.78 is 20.3. The molecule has 99 valence electrons. The molecule has 18 heavy (non-hydrogen) atoms. The largest absolute Gasteiger partial charge is 0.387 e. The number of aliphatic hydroxyl groups is 1. The molecule has 2 heterocycles. The van der Waals surface area contributed by atoms with Crippen molar-refractivity contribution in [1.82, 2.24) is 9.55 Å². The quantitative estimate of drug-likeness (QED) is 0.724. The molecule has 4 atom stereocenters. The topological polar surface area (TPSA) is 110 Å². The van der Waals surface area contributed by atoms with Crippen LogP contribution in [-0.4, -0.2) is 39.1 Å². The number of hydrogen-bond donors (Lipinski definition) is 2. The SMILES string of the molecule is C[C@@]1(F)[C@H](O)[C@@H](C[O])O[C@H]1n1ccc(N)nc1=O. The number of rotatable bonds is 2. The fraction of sp³-hybridized carbons (Fsp3) is 0.600. The summed E-state index contributed by atoms with van der Waals surface area (Å²) in [7, 11) is 0. The molecule has 1 aliphatic heterocycles. The zero-order valence-electron chi connectivity index (χ0n) is 9.62. The number of alkyl halides is 1. The number of hydrogen-bond acceptors (Lipinski definition) is 5. The predicted octanol–water partition coefficient (Wildman–Crippen LogP) is -0.758. The molecule has 7 nitrogen and oxygen atoms in total. The van der Waals surface area contributed by atoms with E-state index in [0.29, 0.717) is 0 Å². The van der Waals surface area contributed by atoms with Crippen LogP contribution in [0.25, 0.3) is 0 Å². The molecule has 2 rings (SSSR count). The molecular formula is C10H13FN3O4. The van der Waals surface area contributed by atoms with Crippen molar-refractivity contribution in [3.63, 3.8) is 0 Å². The van der Waals surface area contributed by atoms with Crippen molar-refractivity contribution in [2.45, 2.75) is 31.0 Å². The highest BCUT2D eigenvalue weighted by Crippen LogP contribution is 2.40. The Morgan fingerprint density at radius 1 is 1.72 bits per heavy atom. The van der Waals surface area contributed by atoms with E-state index in [4.69, 9.17) is 10.5 Å². The van der Waals surface area contributed by atoms with E-state index in [-0.39, 0.29) is 5.82 Å². The second kappa shape index (κ2) is 4.30. The summed E-state index contributed by atoms with van der Waals surface area (Å²) in [6.45, 7) is 0.273. The van der Waals surface area contributed by atoms with Crippen molar-refractivity contribution < 1.29 is 19.3 Å². The number of nitrogens with zero attached hydrogens (tertiary/aromatic N) is 2. The Hall–Kier alpha value is -1.51. The van der Waals surface area contributed by atoms with Gasteiger partial charge in [-0.25, -0.2) is 14.3 Å². The van der Waals surface area contributed by atoms with E-state index in [2.05, 4.69) is 4.98 Å². The summed E-state index contributed by atoms with van der Waals surface area (Å²) >= 11 is 0. The number of ether oxygens (including phenoxy) is 1. The van der Waals surface area contributed by atoms with Crippen molar-refractivity contribution in [2.75, 3.05) is 12.3 Å². The first-order chi connectivity index (χ1) is 8.37. The second-order valence-corrected chi connectivity index (χ2v) is 4.33. The Labute approximate surface area is 102 Å². The van der Waals surface area contributed by atoms with E-state index in [1.54, 1.807) is 0 Å². The van der Waals surface area contributed by atoms with Crippen LogP contribution in [0.15, 0.2) is 17.1 Å². The third kappa shape index (κ3) is 1.88. The minimum atomic E-state index is -2.25. The Morgan fingerprint density at radius 2 is 2.39 bits per heavy atom. The molecule has 1 aliphatic rings. The molecule has 1 saturated heterocycles. The number of halogens is 1. The monoisotopic (exact) mass is 258 g/mol. The highest BCUT2D eigenvalue weighted by Gasteiger charge is 2.55. The van der Waals surface area contributed by atoms with E-state index < -0.39 is 36.4 Å². The Bertz CT molecular complexity index is 504. The van der Waals surface area contributed by atoms with Crippen LogP contribution in [0.1, 0.15) is 13.2 Å². The lowest BCUT2D eigenvalue weighted by Gasteiger charge is -2.24. The molecule has 0 aromatic carbocycles. The van der Waals surface area contributed by atoms with Gasteiger partial charge in [0.15, 0.2) is 11.9 Å². The van der Waals surface area contributed by atoms with Crippen molar-refractivity contribution in [2.24, 2.45) is 0 Å². The number of aliphatic hydroxyl groups excluding tert-OH is 1. The summed E-state index contributed by atoms with van der Waals surface area (Å²) in [5.41, 5.74) is 2.26. The van der Waals surface area contributed by atoms with Crippen molar-refractivity contribution in [3.05, 3.63) is 22.7 Å². The average molecular weight is 258 g/mol. The van der Waals surface area contributed by atoms with Gasteiger partial charge in [-0.1, -0.05) is 0 Å². The molecule has 1 aromatic heterocycles. The highest BCUT2D eigenvalue weighted by molar-refractivity contribution is 5.23. The third-order valence-electron chi connectivity index (χ3n) is 2.99. The van der Waals surface area contributed by atoms with Gasteiger partial charge in [0.25, 0.3) is 0 Å². The first-order valence-corrected chi connectivity index (χ1v) is 5.33. The maximum atomic E-state index is 14.3. The van der Waals surface area contributed by atoms with E-state index in [1.165, 1.54) is 12.3 Å². The fourth-order valence-corrected chi connectivity index (χ4v) is 1.95. The predicted molar refractivity (Wildman–Crippen MR) is 57.9 cm³/mol. The molecule has 0 aliphatic carbocycles. The molecule has 0 bridgehead atoms. The van der Waals surface area contributed by atoms with Crippen LogP contribution in [0.5, 0.6) is 0 Å². The third-order valence-corrected chi connectivity index (χ3v) is 2.99. The molecule has 1 aromatic rings. The van der Waals surface area contributed by atoms with Crippen LogP contribution < -0.4 is 11.4 Å². The van der Waals surface area contributed by atoms with E-state index in [9.17, 15) is 19.4 Å². The van der Waals surface area contributed by atoms with Crippen molar-refractivity contribution in [3.8, 4) is 0 Å². The zero-order chi connectivity index (χ0) is 13.5. The summed E-state index contributed by atoms with van der Waals surface area (Å²) in [4.78, 5) is 15.0. The van der Waals surface area contributed by atoms with Crippen molar-refractivity contribution in [1.29, 1.82) is 0 Å². The first-order valence-electron chi connectivity index (χ1n) is 5.33. The van der Waals surface area contributed by atoms with Crippen LogP contribution in [-0.2, 0) is 9.84 Å². The Balaban J connectivity index is 2.42.